The minimum atomic E-state index is 1.07. The van der Waals surface area contributed by atoms with Crippen molar-refractivity contribution >= 4 is 0 Å². The first-order chi connectivity index (χ1) is 5.93. The number of fused-ring (bicyclic) bond motifs is 1. The molecular weight excluding hydrogens is 146 g/mol. The van der Waals surface area contributed by atoms with Crippen molar-refractivity contribution in [3.63, 3.8) is 0 Å². The van der Waals surface area contributed by atoms with E-state index in [4.69, 9.17) is 0 Å². The predicted octanol–water partition coefficient (Wildman–Crippen LogP) is 2.03. The maximum atomic E-state index is 3.52. The van der Waals surface area contributed by atoms with Crippen molar-refractivity contribution in [1.82, 2.24) is 5.32 Å². The van der Waals surface area contributed by atoms with Crippen molar-refractivity contribution in [2.45, 2.75) is 32.1 Å². The fraction of sp³-hybridized carbons (Fsp3) is 1.00. The van der Waals surface area contributed by atoms with Crippen LogP contribution in [0.2, 0.25) is 0 Å². The number of hydrogen-bond acceptors (Lipinski definition) is 1. The Bertz CT molecular complexity index is 162. The Morgan fingerprint density at radius 1 is 0.750 bits per heavy atom. The lowest BCUT2D eigenvalue weighted by atomic mass is 9.74. The summed E-state index contributed by atoms with van der Waals surface area (Å²) in [7, 11) is 0. The quantitative estimate of drug-likeness (QED) is 0.627. The van der Waals surface area contributed by atoms with Crippen LogP contribution in [-0.4, -0.2) is 13.1 Å². The SMILES string of the molecule is C1CC(C2CC3CNCC3C2)C1. The molecule has 0 aromatic carbocycles. The standard InChI is InChI=1S/C11H19N/c1-2-8(3-1)9-4-10-6-12-7-11(10)5-9/h8-12H,1-7H2. The van der Waals surface area contributed by atoms with E-state index in [0.717, 1.165) is 23.7 Å². The van der Waals surface area contributed by atoms with E-state index in [1.807, 2.05) is 0 Å². The van der Waals surface area contributed by atoms with Crippen LogP contribution in [0.15, 0.2) is 0 Å². The lowest BCUT2D eigenvalue weighted by Gasteiger charge is -2.31. The second kappa shape index (κ2) is 2.73. The molecule has 12 heavy (non-hydrogen) atoms. The third kappa shape index (κ3) is 1.02. The normalized spacial score (nSPS) is 47.5. The number of nitrogens with one attached hydrogen (secondary N) is 1. The summed E-state index contributed by atoms with van der Waals surface area (Å²) in [6, 6.07) is 0. The van der Waals surface area contributed by atoms with Crippen molar-refractivity contribution in [2.75, 3.05) is 13.1 Å². The second-order valence-electron chi connectivity index (χ2n) is 5.10. The Balaban J connectivity index is 1.63. The van der Waals surface area contributed by atoms with Crippen LogP contribution in [0.4, 0.5) is 0 Å². The monoisotopic (exact) mass is 165 g/mol. The fourth-order valence-electron chi connectivity index (χ4n) is 3.51. The fourth-order valence-corrected chi connectivity index (χ4v) is 3.51. The van der Waals surface area contributed by atoms with Gasteiger partial charge in [0.2, 0.25) is 0 Å². The summed E-state index contributed by atoms with van der Waals surface area (Å²) in [5.74, 6) is 4.41. The topological polar surface area (TPSA) is 12.0 Å². The van der Waals surface area contributed by atoms with Gasteiger partial charge in [-0.2, -0.15) is 0 Å². The Morgan fingerprint density at radius 2 is 1.42 bits per heavy atom. The summed E-state index contributed by atoms with van der Waals surface area (Å²) in [4.78, 5) is 0. The molecule has 2 unspecified atom stereocenters. The van der Waals surface area contributed by atoms with Crippen LogP contribution in [-0.2, 0) is 0 Å². The molecule has 3 fully saturated rings. The van der Waals surface area contributed by atoms with Crippen LogP contribution in [0.5, 0.6) is 0 Å². The van der Waals surface area contributed by atoms with E-state index in [-0.39, 0.29) is 0 Å². The average Bonchev–Trinajstić information content (AvgIpc) is 2.40. The largest absolute Gasteiger partial charge is 0.316 e. The smallest absolute Gasteiger partial charge is 0.00172 e. The molecule has 1 heteroatoms. The summed E-state index contributed by atoms with van der Waals surface area (Å²) >= 11 is 0. The van der Waals surface area contributed by atoms with Crippen molar-refractivity contribution in [1.29, 1.82) is 0 Å². The van der Waals surface area contributed by atoms with Gasteiger partial charge in [-0.15, -0.1) is 0 Å². The Hall–Kier alpha value is -0.0400. The van der Waals surface area contributed by atoms with Gasteiger partial charge in [0.1, 0.15) is 0 Å². The van der Waals surface area contributed by atoms with Gasteiger partial charge in [-0.3, -0.25) is 0 Å². The molecule has 0 aromatic heterocycles. The summed E-state index contributed by atoms with van der Waals surface area (Å²) < 4.78 is 0. The van der Waals surface area contributed by atoms with E-state index in [9.17, 15) is 0 Å². The highest BCUT2D eigenvalue weighted by atomic mass is 14.9. The van der Waals surface area contributed by atoms with Gasteiger partial charge in [-0.1, -0.05) is 19.3 Å². The van der Waals surface area contributed by atoms with Crippen molar-refractivity contribution in [2.24, 2.45) is 23.7 Å². The summed E-state index contributed by atoms with van der Waals surface area (Å²) in [5, 5.41) is 3.52. The van der Waals surface area contributed by atoms with Gasteiger partial charge in [-0.05, 0) is 49.6 Å². The van der Waals surface area contributed by atoms with Crippen molar-refractivity contribution in [3.8, 4) is 0 Å². The zero-order valence-electron chi connectivity index (χ0n) is 7.76. The van der Waals surface area contributed by atoms with Gasteiger partial charge in [-0.25, -0.2) is 0 Å². The van der Waals surface area contributed by atoms with Crippen LogP contribution in [0.1, 0.15) is 32.1 Å². The van der Waals surface area contributed by atoms with Crippen molar-refractivity contribution < 1.29 is 0 Å². The van der Waals surface area contributed by atoms with E-state index in [1.54, 1.807) is 25.7 Å². The molecule has 0 radical (unpaired) electrons. The Morgan fingerprint density at radius 3 is 1.92 bits per heavy atom. The molecule has 1 heterocycles. The van der Waals surface area contributed by atoms with E-state index >= 15 is 0 Å². The Kier molecular flexibility index (Phi) is 1.68. The van der Waals surface area contributed by atoms with Gasteiger partial charge < -0.3 is 5.32 Å². The van der Waals surface area contributed by atoms with E-state index in [1.165, 1.54) is 19.5 Å². The zero-order valence-corrected chi connectivity index (χ0v) is 7.76. The zero-order chi connectivity index (χ0) is 7.97. The van der Waals surface area contributed by atoms with Gasteiger partial charge in [0, 0.05) is 0 Å². The van der Waals surface area contributed by atoms with Crippen LogP contribution >= 0.6 is 0 Å². The molecule has 1 N–H and O–H groups in total. The third-order valence-corrected chi connectivity index (χ3v) is 4.51. The molecule has 68 valence electrons. The highest BCUT2D eigenvalue weighted by molar-refractivity contribution is 4.94. The molecule has 2 aliphatic carbocycles. The molecule has 3 aliphatic rings. The van der Waals surface area contributed by atoms with E-state index in [0.29, 0.717) is 0 Å². The maximum absolute atomic E-state index is 3.52. The first-order valence-corrected chi connectivity index (χ1v) is 5.64. The van der Waals surface area contributed by atoms with Crippen LogP contribution < -0.4 is 5.32 Å². The van der Waals surface area contributed by atoms with Crippen molar-refractivity contribution in [3.05, 3.63) is 0 Å². The minimum absolute atomic E-state index is 1.07. The lowest BCUT2D eigenvalue weighted by Crippen LogP contribution is -2.22. The van der Waals surface area contributed by atoms with Crippen LogP contribution in [0, 0.1) is 23.7 Å². The molecule has 0 amide bonds. The van der Waals surface area contributed by atoms with Crippen LogP contribution in [0.3, 0.4) is 0 Å². The van der Waals surface area contributed by atoms with Gasteiger partial charge in [0.25, 0.3) is 0 Å². The van der Waals surface area contributed by atoms with Gasteiger partial charge in [0.05, 0.1) is 0 Å². The molecule has 1 nitrogen and oxygen atoms in total. The average molecular weight is 165 g/mol. The molecule has 0 bridgehead atoms. The van der Waals surface area contributed by atoms with Gasteiger partial charge in [0.15, 0.2) is 0 Å². The first-order valence-electron chi connectivity index (χ1n) is 5.64. The Labute approximate surface area is 74.9 Å². The summed E-state index contributed by atoms with van der Waals surface area (Å²) in [6.45, 7) is 2.65. The summed E-state index contributed by atoms with van der Waals surface area (Å²) in [6.07, 6.45) is 7.74. The van der Waals surface area contributed by atoms with E-state index in [2.05, 4.69) is 5.32 Å². The first kappa shape index (κ1) is 7.37. The molecule has 1 aliphatic heterocycles. The highest BCUT2D eigenvalue weighted by Gasteiger charge is 2.41. The molecule has 0 aromatic rings. The summed E-state index contributed by atoms with van der Waals surface area (Å²) in [5.41, 5.74) is 0. The highest BCUT2D eigenvalue weighted by Crippen LogP contribution is 2.47. The molecular formula is C11H19N. The molecule has 0 spiro atoms. The number of rotatable bonds is 1. The van der Waals surface area contributed by atoms with Gasteiger partial charge >= 0.3 is 0 Å². The molecule has 1 saturated heterocycles. The van der Waals surface area contributed by atoms with E-state index < -0.39 is 0 Å². The maximum Gasteiger partial charge on any atom is -0.00172 e. The number of hydrogen-bond donors (Lipinski definition) is 1. The third-order valence-electron chi connectivity index (χ3n) is 4.51. The lowest BCUT2D eigenvalue weighted by molar-refractivity contribution is 0.201. The molecule has 3 rings (SSSR count). The molecule has 2 atom stereocenters. The van der Waals surface area contributed by atoms with Crippen LogP contribution in [0.25, 0.3) is 0 Å². The molecule has 2 saturated carbocycles. The predicted molar refractivity (Wildman–Crippen MR) is 49.9 cm³/mol. The second-order valence-corrected chi connectivity index (χ2v) is 5.10. The minimum Gasteiger partial charge on any atom is -0.316 e.